The Morgan fingerprint density at radius 3 is 2.32 bits per heavy atom. The van der Waals surface area contributed by atoms with Crippen LogP contribution in [0, 0.1) is 0 Å². The summed E-state index contributed by atoms with van der Waals surface area (Å²) in [7, 11) is 0. The topological polar surface area (TPSA) is 97.1 Å². The van der Waals surface area contributed by atoms with E-state index in [-0.39, 0.29) is 23.2 Å². The number of para-hydroxylation sites is 2. The molecular weight excluding hydrogens is 564 g/mol. The molecule has 1 heterocycles. The van der Waals surface area contributed by atoms with Crippen molar-refractivity contribution in [2.45, 2.75) is 5.16 Å². The van der Waals surface area contributed by atoms with Crippen molar-refractivity contribution in [3.8, 4) is 22.8 Å². The Bertz CT molecular complexity index is 1610. The maximum absolute atomic E-state index is 13.0. The van der Waals surface area contributed by atoms with Gasteiger partial charge in [0.15, 0.2) is 16.8 Å². The summed E-state index contributed by atoms with van der Waals surface area (Å²) in [5, 5.41) is 22.5. The highest BCUT2D eigenvalue weighted by atomic mass is 79.9. The Hall–Kier alpha value is -4.21. The molecule has 2 N–H and O–H groups in total. The molecule has 0 saturated carbocycles. The summed E-state index contributed by atoms with van der Waals surface area (Å²) in [5.74, 6) is 0.0706. The van der Waals surface area contributed by atoms with Crippen LogP contribution in [0.25, 0.3) is 17.1 Å². The molecule has 1 aromatic heterocycles. The first-order valence-corrected chi connectivity index (χ1v) is 13.4. The van der Waals surface area contributed by atoms with Gasteiger partial charge in [-0.15, -0.1) is 10.2 Å². The van der Waals surface area contributed by atoms with Crippen LogP contribution in [0.4, 0.5) is 5.69 Å². The molecule has 5 aromatic rings. The van der Waals surface area contributed by atoms with Crippen LogP contribution in [0.1, 0.15) is 15.9 Å². The number of aromatic hydroxyl groups is 1. The van der Waals surface area contributed by atoms with Gasteiger partial charge in [-0.05, 0) is 42.5 Å². The van der Waals surface area contributed by atoms with Gasteiger partial charge in [0.2, 0.25) is 5.91 Å². The SMILES string of the molecule is O=C(CSc1nnc(-c2cc(Br)ccc2O)n1-c1ccccc1)Nc1ccccc1C(=O)c1ccccc1. The van der Waals surface area contributed by atoms with Crippen molar-refractivity contribution in [1.82, 2.24) is 14.8 Å². The van der Waals surface area contributed by atoms with E-state index in [1.54, 1.807) is 71.3 Å². The lowest BCUT2D eigenvalue weighted by molar-refractivity contribution is -0.113. The number of nitrogens with zero attached hydrogens (tertiary/aromatic N) is 3. The molecule has 0 fully saturated rings. The largest absolute Gasteiger partial charge is 0.507 e. The third-order valence-corrected chi connectivity index (χ3v) is 7.08. The number of amides is 1. The maximum atomic E-state index is 13.0. The van der Waals surface area contributed by atoms with Crippen molar-refractivity contribution < 1.29 is 14.7 Å². The quantitative estimate of drug-likeness (QED) is 0.162. The minimum atomic E-state index is -0.294. The first-order valence-electron chi connectivity index (χ1n) is 11.6. The highest BCUT2D eigenvalue weighted by molar-refractivity contribution is 9.10. The molecule has 0 aliphatic rings. The number of carbonyl (C=O) groups is 2. The van der Waals surface area contributed by atoms with Crippen LogP contribution < -0.4 is 5.32 Å². The van der Waals surface area contributed by atoms with Gasteiger partial charge in [0, 0.05) is 21.3 Å². The number of hydrogen-bond donors (Lipinski definition) is 2. The summed E-state index contributed by atoms with van der Waals surface area (Å²) in [6, 6.07) is 30.4. The molecule has 188 valence electrons. The fraction of sp³-hybridized carbons (Fsp3) is 0.0345. The Morgan fingerprint density at radius 1 is 0.868 bits per heavy atom. The third kappa shape index (κ3) is 5.53. The van der Waals surface area contributed by atoms with E-state index >= 15 is 0 Å². The number of anilines is 1. The number of hydrogen-bond acceptors (Lipinski definition) is 6. The summed E-state index contributed by atoms with van der Waals surface area (Å²) >= 11 is 4.65. The lowest BCUT2D eigenvalue weighted by Gasteiger charge is -2.12. The molecule has 9 heteroatoms. The van der Waals surface area contributed by atoms with Crippen LogP contribution in [0.2, 0.25) is 0 Å². The Kier molecular flexibility index (Phi) is 7.67. The van der Waals surface area contributed by atoms with E-state index in [1.165, 1.54) is 11.8 Å². The second-order valence-corrected chi connectivity index (χ2v) is 10.1. The number of halogens is 1. The molecule has 38 heavy (non-hydrogen) atoms. The second-order valence-electron chi connectivity index (χ2n) is 8.22. The second kappa shape index (κ2) is 11.5. The minimum Gasteiger partial charge on any atom is -0.507 e. The van der Waals surface area contributed by atoms with Gasteiger partial charge in [-0.25, -0.2) is 0 Å². The first-order chi connectivity index (χ1) is 18.5. The molecule has 0 spiro atoms. The van der Waals surface area contributed by atoms with Gasteiger partial charge in [0.25, 0.3) is 0 Å². The van der Waals surface area contributed by atoms with E-state index in [0.717, 1.165) is 10.2 Å². The number of thioether (sulfide) groups is 1. The maximum Gasteiger partial charge on any atom is 0.234 e. The first kappa shape index (κ1) is 25.4. The molecule has 0 aliphatic heterocycles. The summed E-state index contributed by atoms with van der Waals surface area (Å²) in [4.78, 5) is 26.0. The molecule has 1 amide bonds. The number of carbonyl (C=O) groups excluding carboxylic acids is 2. The van der Waals surface area contributed by atoms with Gasteiger partial charge in [-0.3, -0.25) is 14.2 Å². The monoisotopic (exact) mass is 584 g/mol. The van der Waals surface area contributed by atoms with E-state index in [4.69, 9.17) is 0 Å². The summed E-state index contributed by atoms with van der Waals surface area (Å²) in [6.07, 6.45) is 0. The predicted octanol–water partition coefficient (Wildman–Crippen LogP) is 6.36. The number of phenols is 1. The van der Waals surface area contributed by atoms with Crippen LogP contribution >= 0.6 is 27.7 Å². The summed E-state index contributed by atoms with van der Waals surface area (Å²) < 4.78 is 2.58. The van der Waals surface area contributed by atoms with Crippen molar-refractivity contribution in [2.75, 3.05) is 11.1 Å². The highest BCUT2D eigenvalue weighted by Gasteiger charge is 2.20. The molecule has 4 aromatic carbocycles. The van der Waals surface area contributed by atoms with Crippen LogP contribution in [0.3, 0.4) is 0 Å². The van der Waals surface area contributed by atoms with Gasteiger partial charge in [0.05, 0.1) is 17.0 Å². The lowest BCUT2D eigenvalue weighted by Crippen LogP contribution is -2.17. The number of aromatic nitrogens is 3. The summed E-state index contributed by atoms with van der Waals surface area (Å²) in [6.45, 7) is 0. The fourth-order valence-electron chi connectivity index (χ4n) is 3.89. The fourth-order valence-corrected chi connectivity index (χ4v) is 5.00. The molecule has 7 nitrogen and oxygen atoms in total. The van der Waals surface area contributed by atoms with Gasteiger partial charge in [-0.1, -0.05) is 88.4 Å². The van der Waals surface area contributed by atoms with Crippen molar-refractivity contribution in [3.63, 3.8) is 0 Å². The average Bonchev–Trinajstić information content (AvgIpc) is 3.38. The molecule has 0 bridgehead atoms. The van der Waals surface area contributed by atoms with E-state index in [9.17, 15) is 14.7 Å². The lowest BCUT2D eigenvalue weighted by atomic mass is 10.0. The standard InChI is InChI=1S/C29H21BrN4O3S/c30-20-15-16-25(35)23(17-20)28-32-33-29(34(28)21-11-5-2-6-12-21)38-18-26(36)31-24-14-8-7-13-22(24)27(37)19-9-3-1-4-10-19/h1-17,35H,18H2,(H,31,36). The van der Waals surface area contributed by atoms with Crippen molar-refractivity contribution in [1.29, 1.82) is 0 Å². The van der Waals surface area contributed by atoms with Gasteiger partial charge in [-0.2, -0.15) is 0 Å². The molecule has 0 aliphatic carbocycles. The van der Waals surface area contributed by atoms with Crippen molar-refractivity contribution in [2.24, 2.45) is 0 Å². The van der Waals surface area contributed by atoms with Gasteiger partial charge in [0.1, 0.15) is 5.75 Å². The molecular formula is C29H21BrN4O3S. The van der Waals surface area contributed by atoms with Crippen LogP contribution in [-0.2, 0) is 4.79 Å². The highest BCUT2D eigenvalue weighted by Crippen LogP contribution is 2.34. The number of nitrogens with one attached hydrogen (secondary N) is 1. The number of ketones is 1. The Morgan fingerprint density at radius 2 is 1.55 bits per heavy atom. The Labute approximate surface area is 231 Å². The van der Waals surface area contributed by atoms with Crippen LogP contribution in [0.5, 0.6) is 5.75 Å². The van der Waals surface area contributed by atoms with Gasteiger partial charge >= 0.3 is 0 Å². The van der Waals surface area contributed by atoms with E-state index in [2.05, 4.69) is 31.4 Å². The van der Waals surface area contributed by atoms with Crippen LogP contribution in [-0.4, -0.2) is 37.3 Å². The Balaban J connectivity index is 1.39. The predicted molar refractivity (Wildman–Crippen MR) is 152 cm³/mol. The van der Waals surface area contributed by atoms with Crippen LogP contribution in [0.15, 0.2) is 113 Å². The summed E-state index contributed by atoms with van der Waals surface area (Å²) in [5.41, 5.74) is 2.69. The van der Waals surface area contributed by atoms with Gasteiger partial charge < -0.3 is 10.4 Å². The van der Waals surface area contributed by atoms with E-state index in [0.29, 0.717) is 33.4 Å². The molecule has 0 radical (unpaired) electrons. The zero-order valence-corrected chi connectivity index (χ0v) is 22.3. The number of benzene rings is 4. The zero-order chi connectivity index (χ0) is 26.5. The number of phenolic OH excluding ortho intramolecular Hbond substituents is 1. The average molecular weight is 585 g/mol. The van der Waals surface area contributed by atoms with E-state index in [1.807, 2.05) is 36.4 Å². The molecule has 0 unspecified atom stereocenters. The molecule has 0 saturated heterocycles. The van der Waals surface area contributed by atoms with Crippen molar-refractivity contribution in [3.05, 3.63) is 119 Å². The number of rotatable bonds is 8. The smallest absolute Gasteiger partial charge is 0.234 e. The normalized spacial score (nSPS) is 10.8. The molecule has 0 atom stereocenters. The van der Waals surface area contributed by atoms with Crippen molar-refractivity contribution >= 4 is 45.1 Å². The minimum absolute atomic E-state index is 0.0310. The van der Waals surface area contributed by atoms with E-state index < -0.39 is 0 Å². The zero-order valence-electron chi connectivity index (χ0n) is 19.9. The molecule has 5 rings (SSSR count). The third-order valence-electron chi connectivity index (χ3n) is 5.66.